The molecule has 1 aromatic carbocycles. The van der Waals surface area contributed by atoms with Crippen molar-refractivity contribution in [3.63, 3.8) is 0 Å². The SMILES string of the molecule is C#Cc1nc(NC(=O)N(C)[C@@H](CO)c2ccc(-c3ccc(F)cc3C3CC3(F)F)cn2)cs1. The number of aliphatic hydroxyl groups excluding tert-OH is 1. The molecule has 1 saturated carbocycles. The minimum atomic E-state index is -2.84. The number of likely N-dealkylation sites (N-methyl/N-ethyl adjacent to an activating group) is 1. The summed E-state index contributed by atoms with van der Waals surface area (Å²) in [5.74, 6) is -1.77. The fourth-order valence-electron chi connectivity index (χ4n) is 3.55. The molecule has 2 N–H and O–H groups in total. The van der Waals surface area contributed by atoms with Crippen molar-refractivity contribution in [1.29, 1.82) is 0 Å². The van der Waals surface area contributed by atoms with Crippen LogP contribution < -0.4 is 5.32 Å². The summed E-state index contributed by atoms with van der Waals surface area (Å²) in [5.41, 5.74) is 1.63. The quantitative estimate of drug-likeness (QED) is 0.512. The van der Waals surface area contributed by atoms with Crippen molar-refractivity contribution < 1.29 is 23.1 Å². The van der Waals surface area contributed by atoms with E-state index in [4.69, 9.17) is 6.42 Å². The summed E-state index contributed by atoms with van der Waals surface area (Å²) >= 11 is 1.21. The Morgan fingerprint density at radius 1 is 1.42 bits per heavy atom. The number of rotatable bonds is 6. The standard InChI is InChI=1S/C23H19F3N4O2S/c1-3-21-28-20(12-33-21)29-22(32)30(2)19(11-31)18-7-4-13(10-27-18)15-6-5-14(24)8-16(15)17-9-23(17,25)26/h1,4-8,10,12,17,19,31H,9,11H2,2H3,(H,29,32)/t17?,19-/m0/s1. The van der Waals surface area contributed by atoms with Gasteiger partial charge in [-0.3, -0.25) is 10.3 Å². The van der Waals surface area contributed by atoms with Crippen LogP contribution >= 0.6 is 11.3 Å². The van der Waals surface area contributed by atoms with Crippen LogP contribution in [0.3, 0.4) is 0 Å². The first kappa shape index (κ1) is 22.8. The number of carbonyl (C=O) groups excluding carboxylic acids is 1. The maximum absolute atomic E-state index is 13.7. The highest BCUT2D eigenvalue weighted by Gasteiger charge is 2.58. The van der Waals surface area contributed by atoms with E-state index in [-0.39, 0.29) is 12.0 Å². The molecule has 170 valence electrons. The zero-order valence-corrected chi connectivity index (χ0v) is 18.2. The summed E-state index contributed by atoms with van der Waals surface area (Å²) in [6.07, 6.45) is 6.42. The summed E-state index contributed by atoms with van der Waals surface area (Å²) in [7, 11) is 1.49. The number of hydrogen-bond acceptors (Lipinski definition) is 5. The molecule has 4 rings (SSSR count). The van der Waals surface area contributed by atoms with Gasteiger partial charge < -0.3 is 10.0 Å². The second-order valence-corrected chi connectivity index (χ2v) is 8.50. The number of aromatic nitrogens is 2. The number of urea groups is 1. The number of alkyl halides is 2. The summed E-state index contributed by atoms with van der Waals surface area (Å²) in [6, 6.07) is 5.75. The van der Waals surface area contributed by atoms with Crippen molar-refractivity contribution in [3.05, 3.63) is 64.0 Å². The number of benzene rings is 1. The molecule has 6 nitrogen and oxygen atoms in total. The fourth-order valence-corrected chi connectivity index (χ4v) is 4.10. The maximum atomic E-state index is 13.7. The van der Waals surface area contributed by atoms with Crippen molar-refractivity contribution in [2.45, 2.75) is 24.3 Å². The molecule has 2 atom stereocenters. The largest absolute Gasteiger partial charge is 0.394 e. The van der Waals surface area contributed by atoms with Crippen LogP contribution in [-0.4, -0.2) is 45.6 Å². The van der Waals surface area contributed by atoms with Crippen LogP contribution in [0, 0.1) is 18.2 Å². The average Bonchev–Trinajstić information content (AvgIpc) is 3.21. The Morgan fingerprint density at radius 2 is 2.18 bits per heavy atom. The Bertz CT molecular complexity index is 1220. The number of hydrogen-bond donors (Lipinski definition) is 2. The molecule has 0 aliphatic heterocycles. The first-order valence-electron chi connectivity index (χ1n) is 9.94. The average molecular weight is 472 g/mol. The van der Waals surface area contributed by atoms with E-state index in [0.29, 0.717) is 27.6 Å². The number of nitrogens with zero attached hydrogens (tertiary/aromatic N) is 3. The van der Waals surface area contributed by atoms with Gasteiger partial charge in [-0.2, -0.15) is 0 Å². The number of halogens is 3. The third-order valence-corrected chi connectivity index (χ3v) is 6.25. The topological polar surface area (TPSA) is 78.4 Å². The molecule has 2 aromatic heterocycles. The van der Waals surface area contributed by atoms with Gasteiger partial charge in [0, 0.05) is 30.6 Å². The molecule has 0 spiro atoms. The van der Waals surface area contributed by atoms with Gasteiger partial charge in [-0.05, 0) is 35.2 Å². The minimum Gasteiger partial charge on any atom is -0.394 e. The number of carbonyl (C=O) groups is 1. The molecule has 1 fully saturated rings. The predicted molar refractivity (Wildman–Crippen MR) is 119 cm³/mol. The second kappa shape index (κ2) is 8.84. The molecule has 10 heteroatoms. The van der Waals surface area contributed by atoms with Gasteiger partial charge in [0.25, 0.3) is 5.92 Å². The Kier molecular flexibility index (Phi) is 6.10. The van der Waals surface area contributed by atoms with Gasteiger partial charge in [0.15, 0.2) is 5.01 Å². The highest BCUT2D eigenvalue weighted by Crippen LogP contribution is 2.57. The van der Waals surface area contributed by atoms with E-state index in [2.05, 4.69) is 21.2 Å². The van der Waals surface area contributed by atoms with Crippen LogP contribution in [-0.2, 0) is 0 Å². The van der Waals surface area contributed by atoms with Crippen LogP contribution in [0.4, 0.5) is 23.8 Å². The smallest absolute Gasteiger partial charge is 0.323 e. The molecule has 2 amide bonds. The van der Waals surface area contributed by atoms with Gasteiger partial charge in [0.2, 0.25) is 0 Å². The molecule has 33 heavy (non-hydrogen) atoms. The van der Waals surface area contributed by atoms with Crippen LogP contribution in [0.5, 0.6) is 0 Å². The number of thiazole rings is 1. The van der Waals surface area contributed by atoms with Gasteiger partial charge in [0.1, 0.15) is 11.6 Å². The van der Waals surface area contributed by atoms with E-state index in [9.17, 15) is 23.1 Å². The summed E-state index contributed by atoms with van der Waals surface area (Å²) < 4.78 is 41.0. The number of amides is 2. The Labute approximate surface area is 192 Å². The fraction of sp³-hybridized carbons (Fsp3) is 0.261. The third-order valence-electron chi connectivity index (χ3n) is 5.48. The molecule has 2 heterocycles. The highest BCUT2D eigenvalue weighted by atomic mass is 32.1. The minimum absolute atomic E-state index is 0.236. The van der Waals surface area contributed by atoms with Crippen molar-refractivity contribution in [2.75, 3.05) is 19.0 Å². The predicted octanol–water partition coefficient (Wildman–Crippen LogP) is 4.65. The molecule has 3 aromatic rings. The molecular formula is C23H19F3N4O2S. The van der Waals surface area contributed by atoms with Crippen LogP contribution in [0.15, 0.2) is 41.9 Å². The van der Waals surface area contributed by atoms with Gasteiger partial charge in [-0.1, -0.05) is 12.1 Å². The van der Waals surface area contributed by atoms with Crippen molar-refractivity contribution in [3.8, 4) is 23.5 Å². The number of aliphatic hydroxyl groups is 1. The highest BCUT2D eigenvalue weighted by molar-refractivity contribution is 7.10. The lowest BCUT2D eigenvalue weighted by Crippen LogP contribution is -2.37. The Balaban J connectivity index is 1.53. The van der Waals surface area contributed by atoms with Crippen LogP contribution in [0.2, 0.25) is 0 Å². The van der Waals surface area contributed by atoms with E-state index < -0.39 is 36.3 Å². The van der Waals surface area contributed by atoms with E-state index in [1.54, 1.807) is 17.5 Å². The van der Waals surface area contributed by atoms with Gasteiger partial charge in [0.05, 0.1) is 24.3 Å². The first-order valence-corrected chi connectivity index (χ1v) is 10.8. The maximum Gasteiger partial charge on any atom is 0.323 e. The Morgan fingerprint density at radius 3 is 2.76 bits per heavy atom. The summed E-state index contributed by atoms with van der Waals surface area (Å²) in [6.45, 7) is -0.404. The number of anilines is 1. The number of nitrogens with one attached hydrogen (secondary N) is 1. The molecule has 0 radical (unpaired) electrons. The van der Waals surface area contributed by atoms with Gasteiger partial charge in [-0.25, -0.2) is 22.9 Å². The first-order chi connectivity index (χ1) is 15.7. The van der Waals surface area contributed by atoms with Crippen molar-refractivity contribution in [1.82, 2.24) is 14.9 Å². The van der Waals surface area contributed by atoms with E-state index in [1.807, 2.05) is 0 Å². The normalized spacial score (nSPS) is 17.2. The molecule has 0 bridgehead atoms. The van der Waals surface area contributed by atoms with E-state index in [1.165, 1.54) is 41.6 Å². The Hall–Kier alpha value is -3.42. The number of terminal acetylenes is 1. The monoisotopic (exact) mass is 472 g/mol. The molecule has 0 saturated heterocycles. The molecule has 1 unspecified atom stereocenters. The van der Waals surface area contributed by atoms with E-state index >= 15 is 0 Å². The second-order valence-electron chi connectivity index (χ2n) is 7.64. The lowest BCUT2D eigenvalue weighted by Gasteiger charge is -2.26. The van der Waals surface area contributed by atoms with Crippen LogP contribution in [0.1, 0.15) is 34.6 Å². The van der Waals surface area contributed by atoms with Gasteiger partial charge >= 0.3 is 6.03 Å². The van der Waals surface area contributed by atoms with Gasteiger partial charge in [-0.15, -0.1) is 17.8 Å². The lowest BCUT2D eigenvalue weighted by molar-refractivity contribution is 0.112. The molecule has 1 aliphatic rings. The molecule has 1 aliphatic carbocycles. The zero-order chi connectivity index (χ0) is 23.8. The van der Waals surface area contributed by atoms with Crippen molar-refractivity contribution >= 4 is 23.2 Å². The number of pyridine rings is 1. The van der Waals surface area contributed by atoms with Crippen LogP contribution in [0.25, 0.3) is 11.1 Å². The summed E-state index contributed by atoms with van der Waals surface area (Å²) in [4.78, 5) is 22.2. The third kappa shape index (κ3) is 4.69. The lowest BCUT2D eigenvalue weighted by atomic mass is 9.97. The zero-order valence-electron chi connectivity index (χ0n) is 17.4. The van der Waals surface area contributed by atoms with Crippen molar-refractivity contribution in [2.24, 2.45) is 0 Å². The summed E-state index contributed by atoms with van der Waals surface area (Å²) in [5, 5.41) is 14.5. The van der Waals surface area contributed by atoms with E-state index in [0.717, 1.165) is 6.07 Å². The molecular weight excluding hydrogens is 453 g/mol.